The second-order valence-corrected chi connectivity index (χ2v) is 5.49. The first-order valence-electron chi connectivity index (χ1n) is 5.82. The van der Waals surface area contributed by atoms with Crippen LogP contribution < -0.4 is 10.6 Å². The summed E-state index contributed by atoms with van der Waals surface area (Å²) in [6.45, 7) is 5.67. The lowest BCUT2D eigenvalue weighted by Crippen LogP contribution is -2.50. The van der Waals surface area contributed by atoms with Crippen LogP contribution in [0.25, 0.3) is 0 Å². The summed E-state index contributed by atoms with van der Waals surface area (Å²) in [5.41, 5.74) is 5.27. The van der Waals surface area contributed by atoms with E-state index in [9.17, 15) is 14.7 Å². The molecule has 0 spiro atoms. The molecule has 0 aliphatic rings. The second-order valence-electron chi connectivity index (χ2n) is 4.64. The van der Waals surface area contributed by atoms with Crippen LogP contribution in [0.1, 0.15) is 31.1 Å². The molecular formula is C13H17BrN2O3. The molecule has 0 saturated carbocycles. The first-order chi connectivity index (χ1) is 8.71. The van der Waals surface area contributed by atoms with Crippen molar-refractivity contribution in [2.24, 2.45) is 5.73 Å². The average Bonchev–Trinajstić information content (AvgIpc) is 2.28. The minimum Gasteiger partial charge on any atom is -0.480 e. The van der Waals surface area contributed by atoms with Crippen molar-refractivity contribution in [1.29, 1.82) is 0 Å². The van der Waals surface area contributed by atoms with Crippen molar-refractivity contribution in [1.82, 2.24) is 0 Å². The van der Waals surface area contributed by atoms with Crippen molar-refractivity contribution in [3.63, 3.8) is 0 Å². The highest BCUT2D eigenvalue weighted by Gasteiger charge is 2.34. The van der Waals surface area contributed by atoms with Gasteiger partial charge in [0.15, 0.2) is 0 Å². The van der Waals surface area contributed by atoms with E-state index in [1.807, 2.05) is 6.92 Å². The van der Waals surface area contributed by atoms with Gasteiger partial charge in [-0.2, -0.15) is 0 Å². The zero-order valence-corrected chi connectivity index (χ0v) is 12.7. The number of hydrogen-bond acceptors (Lipinski definition) is 3. The van der Waals surface area contributed by atoms with Gasteiger partial charge < -0.3 is 15.7 Å². The van der Waals surface area contributed by atoms with Gasteiger partial charge in [0.25, 0.3) is 0 Å². The third-order valence-electron chi connectivity index (χ3n) is 3.04. The van der Waals surface area contributed by atoms with Crippen LogP contribution >= 0.6 is 15.9 Å². The van der Waals surface area contributed by atoms with Crippen molar-refractivity contribution < 1.29 is 14.7 Å². The fourth-order valence-electron chi connectivity index (χ4n) is 1.89. The summed E-state index contributed by atoms with van der Waals surface area (Å²) >= 11 is 3.27. The lowest BCUT2D eigenvalue weighted by atomic mass is 10.0. The van der Waals surface area contributed by atoms with Crippen LogP contribution in [-0.4, -0.2) is 29.1 Å². The number of carboxylic acids is 1. The molecule has 1 aromatic carbocycles. The highest BCUT2D eigenvalue weighted by Crippen LogP contribution is 2.28. The summed E-state index contributed by atoms with van der Waals surface area (Å²) in [5, 5.41) is 9.29. The van der Waals surface area contributed by atoms with Gasteiger partial charge in [0, 0.05) is 16.7 Å². The van der Waals surface area contributed by atoms with Crippen LogP contribution in [0.2, 0.25) is 0 Å². The number of nitrogens with two attached hydrogens (primary N) is 1. The van der Waals surface area contributed by atoms with E-state index in [4.69, 9.17) is 5.73 Å². The number of carbonyl (C=O) groups is 2. The summed E-state index contributed by atoms with van der Waals surface area (Å²) in [7, 11) is 0. The standard InChI is InChI=1S/C13H17BrN2O3/c1-4-16(13(2,3)12(18)19)8-5-6-9(11(15)17)10(14)7-8/h5-7H,4H2,1-3H3,(H2,15,17)(H,18,19). The minimum absolute atomic E-state index is 0.368. The summed E-state index contributed by atoms with van der Waals surface area (Å²) in [4.78, 5) is 24.2. The summed E-state index contributed by atoms with van der Waals surface area (Å²) in [5.74, 6) is -1.44. The molecule has 0 radical (unpaired) electrons. The summed E-state index contributed by atoms with van der Waals surface area (Å²) in [6.07, 6.45) is 0. The van der Waals surface area contributed by atoms with E-state index in [0.717, 1.165) is 0 Å². The number of primary amides is 1. The van der Waals surface area contributed by atoms with Gasteiger partial charge in [-0.1, -0.05) is 0 Å². The predicted octanol–water partition coefficient (Wildman–Crippen LogP) is 2.24. The Hall–Kier alpha value is -1.56. The number of rotatable bonds is 5. The number of hydrogen-bond donors (Lipinski definition) is 2. The number of benzene rings is 1. The molecule has 0 heterocycles. The lowest BCUT2D eigenvalue weighted by molar-refractivity contribution is -0.142. The van der Waals surface area contributed by atoms with Gasteiger partial charge in [0.2, 0.25) is 5.91 Å². The molecule has 3 N–H and O–H groups in total. The van der Waals surface area contributed by atoms with Gasteiger partial charge >= 0.3 is 5.97 Å². The van der Waals surface area contributed by atoms with E-state index in [-0.39, 0.29) is 0 Å². The maximum absolute atomic E-state index is 11.3. The first kappa shape index (κ1) is 15.5. The normalized spacial score (nSPS) is 11.2. The molecule has 0 aromatic heterocycles. The predicted molar refractivity (Wildman–Crippen MR) is 77.4 cm³/mol. The van der Waals surface area contributed by atoms with E-state index < -0.39 is 17.4 Å². The summed E-state index contributed by atoms with van der Waals surface area (Å²) in [6, 6.07) is 4.98. The molecule has 0 aliphatic heterocycles. The molecule has 1 rings (SSSR count). The van der Waals surface area contributed by atoms with E-state index in [2.05, 4.69) is 15.9 Å². The third-order valence-corrected chi connectivity index (χ3v) is 3.70. The molecule has 0 atom stereocenters. The van der Waals surface area contributed by atoms with Crippen LogP contribution in [0.5, 0.6) is 0 Å². The molecule has 19 heavy (non-hydrogen) atoms. The summed E-state index contributed by atoms with van der Waals surface area (Å²) < 4.78 is 0.553. The van der Waals surface area contributed by atoms with Crippen LogP contribution in [0.3, 0.4) is 0 Å². The smallest absolute Gasteiger partial charge is 0.328 e. The monoisotopic (exact) mass is 328 g/mol. The van der Waals surface area contributed by atoms with Gasteiger partial charge in [0.05, 0.1) is 5.56 Å². The highest BCUT2D eigenvalue weighted by molar-refractivity contribution is 9.10. The zero-order chi connectivity index (χ0) is 14.8. The Bertz CT molecular complexity index is 515. The molecule has 0 saturated heterocycles. The topological polar surface area (TPSA) is 83.6 Å². The molecule has 104 valence electrons. The van der Waals surface area contributed by atoms with Crippen LogP contribution in [0, 0.1) is 0 Å². The first-order valence-corrected chi connectivity index (χ1v) is 6.61. The molecule has 5 nitrogen and oxygen atoms in total. The molecular weight excluding hydrogens is 312 g/mol. The molecule has 1 aromatic rings. The number of amides is 1. The lowest BCUT2D eigenvalue weighted by Gasteiger charge is -2.36. The number of likely N-dealkylation sites (N-methyl/N-ethyl adjacent to an activating group) is 1. The van der Waals surface area contributed by atoms with Crippen molar-refractivity contribution in [3.8, 4) is 0 Å². The van der Waals surface area contributed by atoms with Crippen molar-refractivity contribution in [3.05, 3.63) is 28.2 Å². The molecule has 0 bridgehead atoms. The number of anilines is 1. The number of nitrogens with zero attached hydrogens (tertiary/aromatic N) is 1. The Morgan fingerprint density at radius 3 is 2.37 bits per heavy atom. The van der Waals surface area contributed by atoms with Crippen molar-refractivity contribution in [2.45, 2.75) is 26.3 Å². The third kappa shape index (κ3) is 3.07. The van der Waals surface area contributed by atoms with E-state index >= 15 is 0 Å². The molecule has 1 amide bonds. The molecule has 0 aliphatic carbocycles. The Labute approximate surface area is 120 Å². The van der Waals surface area contributed by atoms with Gasteiger partial charge in [0.1, 0.15) is 5.54 Å². The maximum atomic E-state index is 11.3. The van der Waals surface area contributed by atoms with Crippen LogP contribution in [-0.2, 0) is 4.79 Å². The van der Waals surface area contributed by atoms with Gasteiger partial charge in [-0.25, -0.2) is 4.79 Å². The molecule has 0 fully saturated rings. The fourth-order valence-corrected chi connectivity index (χ4v) is 2.45. The van der Waals surface area contributed by atoms with E-state index in [0.29, 0.717) is 22.3 Å². The van der Waals surface area contributed by atoms with E-state index in [1.165, 1.54) is 0 Å². The largest absolute Gasteiger partial charge is 0.480 e. The van der Waals surface area contributed by atoms with Crippen LogP contribution in [0.4, 0.5) is 5.69 Å². The second kappa shape index (κ2) is 5.61. The fraction of sp³-hybridized carbons (Fsp3) is 0.385. The van der Waals surface area contributed by atoms with Crippen molar-refractivity contribution in [2.75, 3.05) is 11.4 Å². The number of carboxylic acid groups (broad SMARTS) is 1. The van der Waals surface area contributed by atoms with Gasteiger partial charge in [-0.05, 0) is 54.9 Å². The highest BCUT2D eigenvalue weighted by atomic mass is 79.9. The zero-order valence-electron chi connectivity index (χ0n) is 11.1. The van der Waals surface area contributed by atoms with Crippen molar-refractivity contribution >= 4 is 33.5 Å². The van der Waals surface area contributed by atoms with Crippen LogP contribution in [0.15, 0.2) is 22.7 Å². The van der Waals surface area contributed by atoms with Gasteiger partial charge in [-0.3, -0.25) is 4.79 Å². The molecule has 0 unspecified atom stereocenters. The number of aliphatic carboxylic acids is 1. The van der Waals surface area contributed by atoms with Gasteiger partial charge in [-0.15, -0.1) is 0 Å². The quantitative estimate of drug-likeness (QED) is 0.868. The Morgan fingerprint density at radius 1 is 1.42 bits per heavy atom. The Balaban J connectivity index is 3.25. The Morgan fingerprint density at radius 2 is 2.00 bits per heavy atom. The average molecular weight is 329 g/mol. The number of halogens is 1. The molecule has 6 heteroatoms. The minimum atomic E-state index is -1.04. The van der Waals surface area contributed by atoms with E-state index in [1.54, 1.807) is 36.9 Å². The maximum Gasteiger partial charge on any atom is 0.328 e. The SMILES string of the molecule is CCN(c1ccc(C(N)=O)c(Br)c1)C(C)(C)C(=O)O. The number of carbonyl (C=O) groups excluding carboxylic acids is 1. The Kier molecular flexibility index (Phi) is 4.57.